The first-order valence-electron chi connectivity index (χ1n) is 5.37. The van der Waals surface area contributed by atoms with Crippen LogP contribution < -0.4 is 5.32 Å². The average Bonchev–Trinajstić information content (AvgIpc) is 2.12. The molecule has 0 amide bonds. The standard InChI is InChI=1S/C12H18N2O2/c1-7(2)6-13-11-10(12(15)16)8(3)5-9(4)14-11/h5,7H,6H2,1-4H3,(H,13,14)(H,15,16). The van der Waals surface area contributed by atoms with Crippen molar-refractivity contribution in [1.29, 1.82) is 0 Å². The first kappa shape index (κ1) is 12.5. The van der Waals surface area contributed by atoms with Gasteiger partial charge in [0.15, 0.2) is 0 Å². The molecule has 1 aromatic heterocycles. The Labute approximate surface area is 95.7 Å². The molecule has 0 aliphatic heterocycles. The summed E-state index contributed by atoms with van der Waals surface area (Å²) in [5.74, 6) is -0.0146. The molecule has 4 nitrogen and oxygen atoms in total. The van der Waals surface area contributed by atoms with Gasteiger partial charge in [-0.2, -0.15) is 0 Å². The van der Waals surface area contributed by atoms with Crippen molar-refractivity contribution in [2.24, 2.45) is 5.92 Å². The molecular weight excluding hydrogens is 204 g/mol. The van der Waals surface area contributed by atoms with Gasteiger partial charge in [0.05, 0.1) is 0 Å². The van der Waals surface area contributed by atoms with Gasteiger partial charge in [0.1, 0.15) is 11.4 Å². The van der Waals surface area contributed by atoms with Crippen molar-refractivity contribution in [1.82, 2.24) is 4.98 Å². The fraction of sp³-hybridized carbons (Fsp3) is 0.500. The van der Waals surface area contributed by atoms with Gasteiger partial charge in [0, 0.05) is 12.2 Å². The predicted molar refractivity (Wildman–Crippen MR) is 64.0 cm³/mol. The Bertz CT molecular complexity index is 400. The summed E-state index contributed by atoms with van der Waals surface area (Å²) in [6.07, 6.45) is 0. The Hall–Kier alpha value is -1.58. The maximum absolute atomic E-state index is 11.1. The summed E-state index contributed by atoms with van der Waals surface area (Å²) in [7, 11) is 0. The van der Waals surface area contributed by atoms with E-state index in [9.17, 15) is 4.79 Å². The molecule has 0 aromatic carbocycles. The van der Waals surface area contributed by atoms with Crippen LogP contribution >= 0.6 is 0 Å². The van der Waals surface area contributed by atoms with Gasteiger partial charge in [-0.3, -0.25) is 0 Å². The van der Waals surface area contributed by atoms with Crippen LogP contribution in [-0.2, 0) is 0 Å². The van der Waals surface area contributed by atoms with Gasteiger partial charge in [0.2, 0.25) is 0 Å². The molecule has 4 heteroatoms. The van der Waals surface area contributed by atoms with Crippen LogP contribution in [0.1, 0.15) is 35.5 Å². The monoisotopic (exact) mass is 222 g/mol. The van der Waals surface area contributed by atoms with Crippen LogP contribution in [0.15, 0.2) is 6.07 Å². The maximum atomic E-state index is 11.1. The molecule has 88 valence electrons. The third-order valence-electron chi connectivity index (χ3n) is 2.24. The van der Waals surface area contributed by atoms with Gasteiger partial charge in [-0.05, 0) is 31.4 Å². The number of carboxylic acids is 1. The number of hydrogen-bond donors (Lipinski definition) is 2. The number of aromatic nitrogens is 1. The van der Waals surface area contributed by atoms with E-state index in [1.807, 2.05) is 6.92 Å². The van der Waals surface area contributed by atoms with Crippen LogP contribution in [0, 0.1) is 19.8 Å². The molecule has 0 bridgehead atoms. The van der Waals surface area contributed by atoms with Crippen molar-refractivity contribution in [3.05, 3.63) is 22.9 Å². The number of nitrogens with zero attached hydrogens (tertiary/aromatic N) is 1. The molecule has 0 aliphatic carbocycles. The molecule has 0 saturated heterocycles. The zero-order valence-electron chi connectivity index (χ0n) is 10.2. The quantitative estimate of drug-likeness (QED) is 0.821. The third kappa shape index (κ3) is 2.95. The van der Waals surface area contributed by atoms with E-state index in [1.165, 1.54) is 0 Å². The van der Waals surface area contributed by atoms with Gasteiger partial charge >= 0.3 is 5.97 Å². The first-order valence-corrected chi connectivity index (χ1v) is 5.37. The second-order valence-corrected chi connectivity index (χ2v) is 4.38. The van der Waals surface area contributed by atoms with Crippen LogP contribution in [0.4, 0.5) is 5.82 Å². The number of anilines is 1. The molecule has 0 saturated carbocycles. The molecule has 0 fully saturated rings. The van der Waals surface area contributed by atoms with Crippen LogP contribution in [-0.4, -0.2) is 22.6 Å². The molecule has 0 aliphatic rings. The summed E-state index contributed by atoms with van der Waals surface area (Å²) in [5, 5.41) is 12.2. The Morgan fingerprint density at radius 1 is 1.50 bits per heavy atom. The minimum atomic E-state index is -0.934. The van der Waals surface area contributed by atoms with Gasteiger partial charge in [0.25, 0.3) is 0 Å². The third-order valence-corrected chi connectivity index (χ3v) is 2.24. The number of pyridine rings is 1. The first-order chi connectivity index (χ1) is 7.41. The predicted octanol–water partition coefficient (Wildman–Crippen LogP) is 2.46. The molecule has 2 N–H and O–H groups in total. The van der Waals surface area contributed by atoms with Gasteiger partial charge < -0.3 is 10.4 Å². The van der Waals surface area contributed by atoms with E-state index in [-0.39, 0.29) is 5.56 Å². The van der Waals surface area contributed by atoms with Crippen molar-refractivity contribution in [3.63, 3.8) is 0 Å². The van der Waals surface area contributed by atoms with Crippen LogP contribution in [0.25, 0.3) is 0 Å². The van der Waals surface area contributed by atoms with E-state index in [1.54, 1.807) is 13.0 Å². The molecular formula is C12H18N2O2. The molecule has 0 radical (unpaired) electrons. The van der Waals surface area contributed by atoms with Crippen molar-refractivity contribution in [2.45, 2.75) is 27.7 Å². The van der Waals surface area contributed by atoms with E-state index in [4.69, 9.17) is 5.11 Å². The lowest BCUT2D eigenvalue weighted by Gasteiger charge is -2.13. The zero-order valence-corrected chi connectivity index (χ0v) is 10.2. The fourth-order valence-corrected chi connectivity index (χ4v) is 1.54. The van der Waals surface area contributed by atoms with E-state index in [0.29, 0.717) is 11.7 Å². The van der Waals surface area contributed by atoms with E-state index in [2.05, 4.69) is 24.1 Å². The van der Waals surface area contributed by atoms with Crippen LogP contribution in [0.5, 0.6) is 0 Å². The van der Waals surface area contributed by atoms with E-state index >= 15 is 0 Å². The van der Waals surface area contributed by atoms with E-state index < -0.39 is 5.97 Å². The number of nitrogens with one attached hydrogen (secondary N) is 1. The summed E-state index contributed by atoms with van der Waals surface area (Å²) in [6.45, 7) is 8.50. The van der Waals surface area contributed by atoms with Crippen LogP contribution in [0.3, 0.4) is 0 Å². The summed E-state index contributed by atoms with van der Waals surface area (Å²) in [4.78, 5) is 15.4. The molecule has 1 heterocycles. The Morgan fingerprint density at radius 3 is 2.62 bits per heavy atom. The second kappa shape index (κ2) is 4.96. The van der Waals surface area contributed by atoms with Crippen LogP contribution in [0.2, 0.25) is 0 Å². The molecule has 1 rings (SSSR count). The summed E-state index contributed by atoms with van der Waals surface area (Å²) < 4.78 is 0. The number of rotatable bonds is 4. The Balaban J connectivity index is 3.09. The second-order valence-electron chi connectivity index (χ2n) is 4.38. The maximum Gasteiger partial charge on any atom is 0.339 e. The van der Waals surface area contributed by atoms with Crippen molar-refractivity contribution in [3.8, 4) is 0 Å². The molecule has 0 atom stereocenters. The zero-order chi connectivity index (χ0) is 12.3. The molecule has 1 aromatic rings. The highest BCUT2D eigenvalue weighted by atomic mass is 16.4. The lowest BCUT2D eigenvalue weighted by Crippen LogP contribution is -2.14. The molecule has 0 unspecified atom stereocenters. The normalized spacial score (nSPS) is 10.6. The van der Waals surface area contributed by atoms with Crippen molar-refractivity contribution >= 4 is 11.8 Å². The van der Waals surface area contributed by atoms with Gasteiger partial charge in [-0.1, -0.05) is 13.8 Å². The van der Waals surface area contributed by atoms with E-state index in [0.717, 1.165) is 17.8 Å². The Morgan fingerprint density at radius 2 is 2.12 bits per heavy atom. The average molecular weight is 222 g/mol. The minimum absolute atomic E-state index is 0.270. The highest BCUT2D eigenvalue weighted by molar-refractivity contribution is 5.94. The minimum Gasteiger partial charge on any atom is -0.478 e. The highest BCUT2D eigenvalue weighted by Crippen LogP contribution is 2.18. The largest absolute Gasteiger partial charge is 0.478 e. The topological polar surface area (TPSA) is 62.2 Å². The molecule has 0 spiro atoms. The summed E-state index contributed by atoms with van der Waals surface area (Å²) in [6, 6.07) is 1.78. The van der Waals surface area contributed by atoms with Gasteiger partial charge in [-0.15, -0.1) is 0 Å². The lowest BCUT2D eigenvalue weighted by molar-refractivity contribution is 0.0697. The van der Waals surface area contributed by atoms with Crippen molar-refractivity contribution in [2.75, 3.05) is 11.9 Å². The number of aromatic carboxylic acids is 1. The fourth-order valence-electron chi connectivity index (χ4n) is 1.54. The molecule has 16 heavy (non-hydrogen) atoms. The number of carbonyl (C=O) groups is 1. The van der Waals surface area contributed by atoms with Gasteiger partial charge in [-0.25, -0.2) is 9.78 Å². The number of aryl methyl sites for hydroxylation is 2. The highest BCUT2D eigenvalue weighted by Gasteiger charge is 2.15. The number of carboxylic acid groups (broad SMARTS) is 1. The number of hydrogen-bond acceptors (Lipinski definition) is 3. The van der Waals surface area contributed by atoms with Crippen molar-refractivity contribution < 1.29 is 9.90 Å². The summed E-state index contributed by atoms with van der Waals surface area (Å²) in [5.41, 5.74) is 1.84. The lowest BCUT2D eigenvalue weighted by atomic mass is 10.1. The SMILES string of the molecule is Cc1cc(C)c(C(=O)O)c(NCC(C)C)n1. The summed E-state index contributed by atoms with van der Waals surface area (Å²) >= 11 is 0. The smallest absolute Gasteiger partial charge is 0.339 e. The Kier molecular flexibility index (Phi) is 3.88.